The van der Waals surface area contributed by atoms with Crippen LogP contribution in [0.1, 0.15) is 4.88 Å². The molecule has 0 amide bonds. The van der Waals surface area contributed by atoms with Crippen molar-refractivity contribution in [3.8, 4) is 11.3 Å². The predicted molar refractivity (Wildman–Crippen MR) is 102 cm³/mol. The van der Waals surface area contributed by atoms with E-state index in [-0.39, 0.29) is 6.61 Å². The Kier molecular flexibility index (Phi) is 3.88. The van der Waals surface area contributed by atoms with Crippen molar-refractivity contribution in [2.75, 3.05) is 6.61 Å². The van der Waals surface area contributed by atoms with Gasteiger partial charge in [-0.05, 0) is 30.3 Å². The molecule has 0 radical (unpaired) electrons. The van der Waals surface area contributed by atoms with Gasteiger partial charge in [0.25, 0.3) is 0 Å². The third-order valence-corrected chi connectivity index (χ3v) is 5.34. The monoisotopic (exact) mass is 377 g/mol. The van der Waals surface area contributed by atoms with Gasteiger partial charge in [0.15, 0.2) is 5.65 Å². The number of hydrogen-bond donors (Lipinski definition) is 1. The first kappa shape index (κ1) is 16.0. The topological polar surface area (TPSA) is 94.5 Å². The zero-order valence-electron chi connectivity index (χ0n) is 14.2. The Morgan fingerprint density at radius 2 is 2.11 bits per heavy atom. The highest BCUT2D eigenvalue weighted by atomic mass is 32.1. The fraction of sp³-hybridized carbons (Fsp3) is 0.167. The molecule has 5 aromatic heterocycles. The van der Waals surface area contributed by atoms with E-state index in [1.54, 1.807) is 28.4 Å². The van der Waals surface area contributed by atoms with Gasteiger partial charge in [-0.2, -0.15) is 5.10 Å². The zero-order valence-corrected chi connectivity index (χ0v) is 15.0. The number of aliphatic hydroxyl groups is 1. The maximum absolute atomic E-state index is 9.04. The second kappa shape index (κ2) is 6.53. The molecule has 0 aliphatic rings. The molecule has 5 aromatic rings. The van der Waals surface area contributed by atoms with Gasteiger partial charge in [-0.25, -0.2) is 9.67 Å². The molecule has 27 heavy (non-hydrogen) atoms. The summed E-state index contributed by atoms with van der Waals surface area (Å²) < 4.78 is 4.66. The molecule has 134 valence electrons. The average molecular weight is 377 g/mol. The summed E-state index contributed by atoms with van der Waals surface area (Å²) in [6, 6.07) is 9.91. The van der Waals surface area contributed by atoms with Gasteiger partial charge >= 0.3 is 0 Å². The largest absolute Gasteiger partial charge is 0.394 e. The summed E-state index contributed by atoms with van der Waals surface area (Å²) in [5.74, 6) is 0. The Morgan fingerprint density at radius 3 is 3.00 bits per heavy atom. The lowest BCUT2D eigenvalue weighted by Crippen LogP contribution is -2.02. The van der Waals surface area contributed by atoms with Gasteiger partial charge in [0.1, 0.15) is 5.52 Å². The van der Waals surface area contributed by atoms with E-state index in [9.17, 15) is 0 Å². The van der Waals surface area contributed by atoms with Crippen molar-refractivity contribution >= 4 is 32.7 Å². The summed E-state index contributed by atoms with van der Waals surface area (Å²) in [5.41, 5.74) is 4.16. The third-order valence-electron chi connectivity index (χ3n) is 4.26. The number of pyridine rings is 2. The molecule has 0 aliphatic heterocycles. The number of aromatic nitrogens is 7. The van der Waals surface area contributed by atoms with E-state index >= 15 is 0 Å². The number of hydrogen-bond acceptors (Lipinski definition) is 7. The summed E-state index contributed by atoms with van der Waals surface area (Å²) in [7, 11) is 0. The highest BCUT2D eigenvalue weighted by molar-refractivity contribution is 7.19. The Morgan fingerprint density at radius 1 is 1.15 bits per heavy atom. The molecule has 0 bridgehead atoms. The van der Waals surface area contributed by atoms with Crippen LogP contribution in [0, 0.1) is 0 Å². The van der Waals surface area contributed by atoms with Crippen LogP contribution >= 0.6 is 11.3 Å². The zero-order chi connectivity index (χ0) is 18.2. The van der Waals surface area contributed by atoms with Crippen LogP contribution in [0.3, 0.4) is 0 Å². The molecule has 5 rings (SSSR count). The summed E-state index contributed by atoms with van der Waals surface area (Å²) in [4.78, 5) is 10.3. The second-order valence-corrected chi connectivity index (χ2v) is 7.27. The van der Waals surface area contributed by atoms with Crippen LogP contribution in [0.25, 0.3) is 32.6 Å². The van der Waals surface area contributed by atoms with E-state index in [1.165, 1.54) is 0 Å². The smallest absolute Gasteiger partial charge is 0.179 e. The van der Waals surface area contributed by atoms with E-state index in [1.807, 2.05) is 29.1 Å². The molecule has 0 fully saturated rings. The third kappa shape index (κ3) is 2.96. The van der Waals surface area contributed by atoms with Crippen molar-refractivity contribution in [1.82, 2.24) is 34.7 Å². The number of rotatable bonds is 5. The number of nitrogens with zero attached hydrogens (tertiary/aromatic N) is 7. The van der Waals surface area contributed by atoms with Gasteiger partial charge in [-0.3, -0.25) is 9.67 Å². The Balaban J connectivity index is 1.50. The first-order valence-electron chi connectivity index (χ1n) is 8.47. The fourth-order valence-electron chi connectivity index (χ4n) is 2.99. The van der Waals surface area contributed by atoms with Crippen LogP contribution in [0.4, 0.5) is 0 Å². The van der Waals surface area contributed by atoms with Crippen molar-refractivity contribution in [1.29, 1.82) is 0 Å². The SMILES string of the molecule is OCCn1cc(-c2ccc3nnn(Cc4cc5ncccc5s4)c3n2)cn1. The molecular weight excluding hydrogens is 362 g/mol. The summed E-state index contributed by atoms with van der Waals surface area (Å²) >= 11 is 1.70. The lowest BCUT2D eigenvalue weighted by Gasteiger charge is -2.01. The van der Waals surface area contributed by atoms with Gasteiger partial charge in [0.2, 0.25) is 0 Å². The van der Waals surface area contributed by atoms with Crippen molar-refractivity contribution in [3.63, 3.8) is 0 Å². The normalized spacial score (nSPS) is 11.6. The van der Waals surface area contributed by atoms with Gasteiger partial charge in [-0.15, -0.1) is 16.4 Å². The highest BCUT2D eigenvalue weighted by Gasteiger charge is 2.12. The van der Waals surface area contributed by atoms with Crippen LogP contribution in [0.2, 0.25) is 0 Å². The van der Waals surface area contributed by atoms with Gasteiger partial charge in [-0.1, -0.05) is 5.21 Å². The fourth-order valence-corrected chi connectivity index (χ4v) is 3.99. The number of aliphatic hydroxyl groups excluding tert-OH is 1. The minimum Gasteiger partial charge on any atom is -0.394 e. The molecular formula is C18H15N7OS. The average Bonchev–Trinajstić information content (AvgIpc) is 3.40. The maximum atomic E-state index is 9.04. The van der Waals surface area contributed by atoms with Crippen molar-refractivity contribution in [2.24, 2.45) is 0 Å². The van der Waals surface area contributed by atoms with Gasteiger partial charge < -0.3 is 5.11 Å². The van der Waals surface area contributed by atoms with Gasteiger partial charge in [0.05, 0.1) is 41.8 Å². The summed E-state index contributed by atoms with van der Waals surface area (Å²) in [5, 5.41) is 21.8. The molecule has 0 saturated carbocycles. The van der Waals surface area contributed by atoms with Crippen molar-refractivity contribution < 1.29 is 5.11 Å². The minimum absolute atomic E-state index is 0.0499. The molecule has 8 nitrogen and oxygen atoms in total. The quantitative estimate of drug-likeness (QED) is 0.505. The van der Waals surface area contributed by atoms with Crippen LogP contribution < -0.4 is 0 Å². The van der Waals surface area contributed by atoms with Crippen molar-refractivity contribution in [2.45, 2.75) is 13.1 Å². The lowest BCUT2D eigenvalue weighted by atomic mass is 10.2. The van der Waals surface area contributed by atoms with E-state index in [0.717, 1.165) is 37.5 Å². The first-order chi connectivity index (χ1) is 13.3. The molecule has 0 aromatic carbocycles. The molecule has 9 heteroatoms. The highest BCUT2D eigenvalue weighted by Crippen LogP contribution is 2.25. The van der Waals surface area contributed by atoms with E-state index in [4.69, 9.17) is 10.1 Å². The molecule has 5 heterocycles. The Bertz CT molecular complexity index is 1210. The van der Waals surface area contributed by atoms with Gasteiger partial charge in [0, 0.05) is 22.8 Å². The molecule has 0 atom stereocenters. The molecule has 0 spiro atoms. The summed E-state index contributed by atoms with van der Waals surface area (Å²) in [6.45, 7) is 1.10. The van der Waals surface area contributed by atoms with Crippen LogP contribution in [0.15, 0.2) is 48.9 Å². The van der Waals surface area contributed by atoms with Crippen LogP contribution in [0.5, 0.6) is 0 Å². The molecule has 0 unspecified atom stereocenters. The second-order valence-electron chi connectivity index (χ2n) is 6.10. The Labute approximate surface area is 157 Å². The molecule has 0 aliphatic carbocycles. The van der Waals surface area contributed by atoms with Crippen LogP contribution in [-0.4, -0.2) is 46.5 Å². The first-order valence-corrected chi connectivity index (χ1v) is 9.29. The molecule has 1 N–H and O–H groups in total. The molecule has 0 saturated heterocycles. The lowest BCUT2D eigenvalue weighted by molar-refractivity contribution is 0.269. The van der Waals surface area contributed by atoms with E-state index in [2.05, 4.69) is 32.5 Å². The maximum Gasteiger partial charge on any atom is 0.179 e. The van der Waals surface area contributed by atoms with E-state index < -0.39 is 0 Å². The van der Waals surface area contributed by atoms with Crippen molar-refractivity contribution in [3.05, 3.63) is 53.8 Å². The van der Waals surface area contributed by atoms with Crippen LogP contribution in [-0.2, 0) is 13.1 Å². The standard InChI is InChI=1S/C18H15N7OS/c26-7-6-24-10-12(9-20-24)14-3-4-15-18(21-14)25(23-22-15)11-13-8-16-17(27-13)2-1-5-19-16/h1-5,8-10,26H,6-7,11H2. The number of thiophene rings is 1. The Hall–Kier alpha value is -3.17. The predicted octanol–water partition coefficient (Wildman–Crippen LogP) is 2.34. The number of fused-ring (bicyclic) bond motifs is 2. The summed E-state index contributed by atoms with van der Waals surface area (Å²) in [6.07, 6.45) is 5.42. The minimum atomic E-state index is 0.0499. The van der Waals surface area contributed by atoms with E-state index in [0.29, 0.717) is 13.1 Å².